The summed E-state index contributed by atoms with van der Waals surface area (Å²) < 4.78 is 5.30. The number of methoxy groups -OCH3 is 1. The smallest absolute Gasteiger partial charge is 0.122 e. The third-order valence-corrected chi connectivity index (χ3v) is 2.66. The van der Waals surface area contributed by atoms with E-state index in [1.165, 1.54) is 5.56 Å². The Morgan fingerprint density at radius 3 is 2.69 bits per heavy atom. The monoisotopic (exact) mass is 216 g/mol. The summed E-state index contributed by atoms with van der Waals surface area (Å²) in [7, 11) is 1.70. The van der Waals surface area contributed by atoms with Gasteiger partial charge in [-0.15, -0.1) is 0 Å². The van der Waals surface area contributed by atoms with Gasteiger partial charge in [-0.3, -0.25) is 5.10 Å². The molecule has 84 valence electrons. The normalized spacial score (nSPS) is 10.4. The van der Waals surface area contributed by atoms with Gasteiger partial charge in [0.1, 0.15) is 5.75 Å². The Labute approximate surface area is 95.5 Å². The fraction of sp³-hybridized carbons (Fsp3) is 0.308. The third kappa shape index (κ3) is 1.94. The van der Waals surface area contributed by atoms with Gasteiger partial charge in [0.05, 0.1) is 12.8 Å². The van der Waals surface area contributed by atoms with Crippen molar-refractivity contribution in [3.63, 3.8) is 0 Å². The van der Waals surface area contributed by atoms with Crippen LogP contribution in [0.4, 0.5) is 0 Å². The second-order valence-corrected chi connectivity index (χ2v) is 3.82. The quantitative estimate of drug-likeness (QED) is 0.856. The molecule has 0 saturated carbocycles. The van der Waals surface area contributed by atoms with Crippen LogP contribution in [0, 0.1) is 6.92 Å². The van der Waals surface area contributed by atoms with Crippen LogP contribution in [0.1, 0.15) is 18.2 Å². The van der Waals surface area contributed by atoms with Gasteiger partial charge in [0, 0.05) is 11.3 Å². The van der Waals surface area contributed by atoms with Crippen LogP contribution >= 0.6 is 0 Å². The first-order chi connectivity index (χ1) is 7.74. The maximum Gasteiger partial charge on any atom is 0.122 e. The van der Waals surface area contributed by atoms with E-state index in [-0.39, 0.29) is 0 Å². The largest absolute Gasteiger partial charge is 0.496 e. The summed E-state index contributed by atoms with van der Waals surface area (Å²) in [5.41, 5.74) is 4.39. The van der Waals surface area contributed by atoms with Gasteiger partial charge >= 0.3 is 0 Å². The molecule has 0 saturated heterocycles. The van der Waals surface area contributed by atoms with E-state index in [1.807, 2.05) is 25.1 Å². The summed E-state index contributed by atoms with van der Waals surface area (Å²) in [5, 5.41) is 7.20. The van der Waals surface area contributed by atoms with Gasteiger partial charge in [-0.25, -0.2) is 0 Å². The number of aromatic amines is 1. The molecule has 0 radical (unpaired) electrons. The van der Waals surface area contributed by atoms with Crippen molar-refractivity contribution in [3.05, 3.63) is 35.5 Å². The fourth-order valence-corrected chi connectivity index (χ4v) is 1.78. The van der Waals surface area contributed by atoms with Gasteiger partial charge in [-0.1, -0.05) is 6.92 Å². The third-order valence-electron chi connectivity index (χ3n) is 2.66. The van der Waals surface area contributed by atoms with Gasteiger partial charge in [0.15, 0.2) is 0 Å². The zero-order chi connectivity index (χ0) is 11.5. The van der Waals surface area contributed by atoms with Crippen LogP contribution in [-0.4, -0.2) is 17.3 Å². The Balaban J connectivity index is 2.43. The van der Waals surface area contributed by atoms with Gasteiger partial charge in [-0.05, 0) is 43.2 Å². The second kappa shape index (κ2) is 4.39. The second-order valence-electron chi connectivity index (χ2n) is 3.82. The first kappa shape index (κ1) is 10.7. The lowest BCUT2D eigenvalue weighted by molar-refractivity contribution is 0.410. The number of hydrogen-bond acceptors (Lipinski definition) is 2. The van der Waals surface area contributed by atoms with Crippen LogP contribution in [0.5, 0.6) is 5.75 Å². The van der Waals surface area contributed by atoms with Crippen molar-refractivity contribution in [1.82, 2.24) is 10.2 Å². The number of ether oxygens (including phenoxy) is 1. The van der Waals surface area contributed by atoms with E-state index in [0.29, 0.717) is 0 Å². The van der Waals surface area contributed by atoms with Crippen LogP contribution in [0.2, 0.25) is 0 Å². The molecule has 0 aliphatic carbocycles. The van der Waals surface area contributed by atoms with Crippen LogP contribution in [-0.2, 0) is 6.42 Å². The fourth-order valence-electron chi connectivity index (χ4n) is 1.78. The number of nitrogens with one attached hydrogen (secondary N) is 1. The average Bonchev–Trinajstić information content (AvgIpc) is 2.75. The SMILES string of the molecule is CCc1cc(-c2cc(C)[nH]n2)ccc1OC. The molecule has 0 spiro atoms. The Morgan fingerprint density at radius 2 is 2.12 bits per heavy atom. The lowest BCUT2D eigenvalue weighted by Crippen LogP contribution is -1.91. The predicted molar refractivity (Wildman–Crippen MR) is 64.7 cm³/mol. The molecule has 16 heavy (non-hydrogen) atoms. The van der Waals surface area contributed by atoms with Crippen molar-refractivity contribution >= 4 is 0 Å². The predicted octanol–water partition coefficient (Wildman–Crippen LogP) is 2.96. The van der Waals surface area contributed by atoms with E-state index in [1.54, 1.807) is 7.11 Å². The van der Waals surface area contributed by atoms with E-state index in [4.69, 9.17) is 4.74 Å². The average molecular weight is 216 g/mol. The lowest BCUT2D eigenvalue weighted by Gasteiger charge is -2.07. The summed E-state index contributed by atoms with van der Waals surface area (Å²) in [4.78, 5) is 0. The molecule has 0 unspecified atom stereocenters. The van der Waals surface area contributed by atoms with E-state index >= 15 is 0 Å². The Hall–Kier alpha value is -1.77. The van der Waals surface area contributed by atoms with Crippen molar-refractivity contribution in [2.45, 2.75) is 20.3 Å². The van der Waals surface area contributed by atoms with Gasteiger partial charge in [0.2, 0.25) is 0 Å². The molecule has 0 amide bonds. The standard InChI is InChI=1S/C13H16N2O/c1-4-10-8-11(5-6-13(10)16-3)12-7-9(2)14-15-12/h5-8H,4H2,1-3H3,(H,14,15). The molecular formula is C13H16N2O. The maximum absolute atomic E-state index is 5.30. The van der Waals surface area contributed by atoms with Crippen molar-refractivity contribution in [2.75, 3.05) is 7.11 Å². The van der Waals surface area contributed by atoms with E-state index < -0.39 is 0 Å². The number of rotatable bonds is 3. The highest BCUT2D eigenvalue weighted by atomic mass is 16.5. The number of hydrogen-bond donors (Lipinski definition) is 1. The lowest BCUT2D eigenvalue weighted by atomic mass is 10.1. The van der Waals surface area contributed by atoms with E-state index in [0.717, 1.165) is 29.1 Å². The van der Waals surface area contributed by atoms with Crippen LogP contribution < -0.4 is 4.74 Å². The Kier molecular flexibility index (Phi) is 2.95. The number of nitrogens with zero attached hydrogens (tertiary/aromatic N) is 1. The molecule has 2 aromatic rings. The summed E-state index contributed by atoms with van der Waals surface area (Å²) in [6.07, 6.45) is 0.959. The number of H-pyrrole nitrogens is 1. The molecular weight excluding hydrogens is 200 g/mol. The molecule has 3 heteroatoms. The van der Waals surface area contributed by atoms with Crippen LogP contribution in [0.15, 0.2) is 24.3 Å². The number of aryl methyl sites for hydroxylation is 2. The van der Waals surface area contributed by atoms with Crippen molar-refractivity contribution < 1.29 is 4.74 Å². The highest BCUT2D eigenvalue weighted by molar-refractivity contribution is 5.62. The van der Waals surface area contributed by atoms with Crippen molar-refractivity contribution in [1.29, 1.82) is 0 Å². The van der Waals surface area contributed by atoms with Gasteiger partial charge in [0.25, 0.3) is 0 Å². The van der Waals surface area contributed by atoms with Crippen molar-refractivity contribution in [2.24, 2.45) is 0 Å². The molecule has 3 nitrogen and oxygen atoms in total. The van der Waals surface area contributed by atoms with Crippen LogP contribution in [0.25, 0.3) is 11.3 Å². The molecule has 0 fully saturated rings. The molecule has 0 aliphatic heterocycles. The molecule has 1 aromatic heterocycles. The Bertz CT molecular complexity index is 488. The highest BCUT2D eigenvalue weighted by Crippen LogP contribution is 2.26. The van der Waals surface area contributed by atoms with Crippen LogP contribution in [0.3, 0.4) is 0 Å². The van der Waals surface area contributed by atoms with Gasteiger partial charge in [-0.2, -0.15) is 5.10 Å². The zero-order valence-electron chi connectivity index (χ0n) is 9.87. The van der Waals surface area contributed by atoms with E-state index in [2.05, 4.69) is 23.2 Å². The summed E-state index contributed by atoms with van der Waals surface area (Å²) >= 11 is 0. The zero-order valence-corrected chi connectivity index (χ0v) is 9.87. The molecule has 2 rings (SSSR count). The highest BCUT2D eigenvalue weighted by Gasteiger charge is 2.06. The first-order valence-corrected chi connectivity index (χ1v) is 5.44. The first-order valence-electron chi connectivity index (χ1n) is 5.44. The molecule has 1 aromatic carbocycles. The molecule has 0 bridgehead atoms. The summed E-state index contributed by atoms with van der Waals surface area (Å²) in [6, 6.07) is 8.21. The van der Waals surface area contributed by atoms with Crippen molar-refractivity contribution in [3.8, 4) is 17.0 Å². The summed E-state index contributed by atoms with van der Waals surface area (Å²) in [6.45, 7) is 4.12. The number of benzene rings is 1. The summed E-state index contributed by atoms with van der Waals surface area (Å²) in [5.74, 6) is 0.943. The number of aromatic nitrogens is 2. The molecule has 0 aliphatic rings. The minimum atomic E-state index is 0.943. The Morgan fingerprint density at radius 1 is 1.31 bits per heavy atom. The topological polar surface area (TPSA) is 37.9 Å². The minimum Gasteiger partial charge on any atom is -0.496 e. The molecule has 0 atom stereocenters. The molecule has 1 heterocycles. The minimum absolute atomic E-state index is 0.943. The molecule has 1 N–H and O–H groups in total. The maximum atomic E-state index is 5.30. The van der Waals surface area contributed by atoms with Gasteiger partial charge < -0.3 is 4.74 Å². The van der Waals surface area contributed by atoms with E-state index in [9.17, 15) is 0 Å².